The number of carbonyl (C=O) groups excluding carboxylic acids is 1. The Morgan fingerprint density at radius 1 is 1.27 bits per heavy atom. The largest absolute Gasteiger partial charge is 0.348 e. The van der Waals surface area contributed by atoms with Crippen LogP contribution < -0.4 is 5.32 Å². The zero-order chi connectivity index (χ0) is 16.3. The van der Waals surface area contributed by atoms with Gasteiger partial charge in [0.1, 0.15) is 5.69 Å². The molecule has 122 valence electrons. The number of aromatic nitrogens is 1. The van der Waals surface area contributed by atoms with Crippen LogP contribution in [-0.2, 0) is 0 Å². The molecule has 0 spiro atoms. The number of alkyl halides is 2. The van der Waals surface area contributed by atoms with Gasteiger partial charge in [-0.2, -0.15) is 0 Å². The molecule has 0 saturated heterocycles. The summed E-state index contributed by atoms with van der Waals surface area (Å²) in [6.07, 6.45) is 2.45. The third kappa shape index (κ3) is 4.24. The Morgan fingerprint density at radius 3 is 2.41 bits per heavy atom. The van der Waals surface area contributed by atoms with Crippen molar-refractivity contribution in [1.82, 2.24) is 10.3 Å². The van der Waals surface area contributed by atoms with E-state index in [0.29, 0.717) is 24.5 Å². The van der Waals surface area contributed by atoms with Gasteiger partial charge in [-0.1, -0.05) is 19.9 Å². The van der Waals surface area contributed by atoms with Crippen LogP contribution in [0, 0.1) is 5.92 Å². The first kappa shape index (κ1) is 16.8. The molecule has 1 saturated carbocycles. The van der Waals surface area contributed by atoms with Crippen LogP contribution in [0.4, 0.5) is 8.78 Å². The Kier molecular flexibility index (Phi) is 5.14. The fraction of sp³-hybridized carbons (Fsp3) is 0.647. The maximum Gasteiger partial charge on any atom is 0.270 e. The zero-order valence-electron chi connectivity index (χ0n) is 13.4. The quantitative estimate of drug-likeness (QED) is 0.907. The van der Waals surface area contributed by atoms with Crippen LogP contribution in [0.2, 0.25) is 0 Å². The van der Waals surface area contributed by atoms with Gasteiger partial charge in [0.25, 0.3) is 5.91 Å². The molecule has 1 heterocycles. The van der Waals surface area contributed by atoms with Crippen LogP contribution >= 0.6 is 0 Å². The average Bonchev–Trinajstić information content (AvgIpc) is 2.47. The molecule has 5 heteroatoms. The summed E-state index contributed by atoms with van der Waals surface area (Å²) in [5, 5.41) is 2.90. The predicted molar refractivity (Wildman–Crippen MR) is 82.2 cm³/mol. The lowest BCUT2D eigenvalue weighted by Gasteiger charge is -2.32. The number of rotatable bonds is 4. The molecule has 1 aromatic heterocycles. The molecule has 0 bridgehead atoms. The minimum absolute atomic E-state index is 0.0841. The van der Waals surface area contributed by atoms with Crippen molar-refractivity contribution in [3.05, 3.63) is 29.6 Å². The van der Waals surface area contributed by atoms with Crippen LogP contribution in [-0.4, -0.2) is 22.9 Å². The lowest BCUT2D eigenvalue weighted by molar-refractivity contribution is -0.0485. The van der Waals surface area contributed by atoms with Crippen molar-refractivity contribution in [1.29, 1.82) is 0 Å². The SMILES string of the molecule is CC(C)c1ccc(C(=O)NC(C)C2CCC(F)(F)CC2)nc1. The van der Waals surface area contributed by atoms with Crippen molar-refractivity contribution in [2.45, 2.75) is 64.3 Å². The van der Waals surface area contributed by atoms with Gasteiger partial charge in [-0.15, -0.1) is 0 Å². The summed E-state index contributed by atoms with van der Waals surface area (Å²) in [7, 11) is 0. The minimum atomic E-state index is -2.53. The van der Waals surface area contributed by atoms with Gasteiger partial charge in [0.2, 0.25) is 5.92 Å². The molecule has 2 rings (SSSR count). The Bertz CT molecular complexity index is 504. The van der Waals surface area contributed by atoms with Crippen LogP contribution in [0.3, 0.4) is 0 Å². The Labute approximate surface area is 130 Å². The molecule has 0 radical (unpaired) electrons. The van der Waals surface area contributed by atoms with Crippen molar-refractivity contribution in [3.8, 4) is 0 Å². The van der Waals surface area contributed by atoms with E-state index in [1.807, 2.05) is 13.0 Å². The maximum atomic E-state index is 13.2. The first-order valence-electron chi connectivity index (χ1n) is 7.93. The van der Waals surface area contributed by atoms with E-state index in [0.717, 1.165) is 5.56 Å². The molecular weight excluding hydrogens is 286 g/mol. The molecule has 1 aliphatic rings. The van der Waals surface area contributed by atoms with E-state index < -0.39 is 5.92 Å². The van der Waals surface area contributed by atoms with Crippen LogP contribution in [0.1, 0.15) is 68.4 Å². The monoisotopic (exact) mass is 310 g/mol. The number of carbonyl (C=O) groups is 1. The Morgan fingerprint density at radius 2 is 1.91 bits per heavy atom. The highest BCUT2D eigenvalue weighted by molar-refractivity contribution is 5.92. The van der Waals surface area contributed by atoms with E-state index in [1.165, 1.54) is 0 Å². The number of nitrogens with one attached hydrogen (secondary N) is 1. The molecule has 1 fully saturated rings. The number of pyridine rings is 1. The zero-order valence-corrected chi connectivity index (χ0v) is 13.4. The lowest BCUT2D eigenvalue weighted by atomic mass is 9.82. The van der Waals surface area contributed by atoms with Crippen LogP contribution in [0.15, 0.2) is 18.3 Å². The Balaban J connectivity index is 1.91. The molecule has 1 aliphatic carbocycles. The summed E-state index contributed by atoms with van der Waals surface area (Å²) in [5.41, 5.74) is 1.46. The third-order valence-electron chi connectivity index (χ3n) is 4.51. The van der Waals surface area contributed by atoms with Crippen molar-refractivity contribution in [2.24, 2.45) is 5.92 Å². The summed E-state index contributed by atoms with van der Waals surface area (Å²) in [4.78, 5) is 16.4. The maximum absolute atomic E-state index is 13.2. The second kappa shape index (κ2) is 6.71. The molecule has 1 amide bonds. The van der Waals surface area contributed by atoms with Crippen molar-refractivity contribution in [3.63, 3.8) is 0 Å². The highest BCUT2D eigenvalue weighted by atomic mass is 19.3. The van der Waals surface area contributed by atoms with Gasteiger partial charge in [-0.05, 0) is 43.2 Å². The van der Waals surface area contributed by atoms with E-state index in [4.69, 9.17) is 0 Å². The number of halogens is 2. The van der Waals surface area contributed by atoms with Crippen molar-refractivity contribution >= 4 is 5.91 Å². The fourth-order valence-electron chi connectivity index (χ4n) is 2.84. The fourth-order valence-corrected chi connectivity index (χ4v) is 2.84. The van der Waals surface area contributed by atoms with E-state index in [-0.39, 0.29) is 30.7 Å². The van der Waals surface area contributed by atoms with Gasteiger partial charge in [-0.3, -0.25) is 9.78 Å². The molecule has 1 N–H and O–H groups in total. The minimum Gasteiger partial charge on any atom is -0.348 e. The molecule has 1 unspecified atom stereocenters. The first-order chi connectivity index (χ1) is 10.3. The smallest absolute Gasteiger partial charge is 0.270 e. The molecule has 1 atom stereocenters. The number of hydrogen-bond acceptors (Lipinski definition) is 2. The van der Waals surface area contributed by atoms with Crippen LogP contribution in [0.5, 0.6) is 0 Å². The topological polar surface area (TPSA) is 42.0 Å². The van der Waals surface area contributed by atoms with Gasteiger partial charge in [0, 0.05) is 25.1 Å². The van der Waals surface area contributed by atoms with Gasteiger partial charge in [0.05, 0.1) is 0 Å². The normalized spacial score (nSPS) is 19.9. The van der Waals surface area contributed by atoms with Gasteiger partial charge in [-0.25, -0.2) is 8.78 Å². The molecule has 3 nitrogen and oxygen atoms in total. The lowest BCUT2D eigenvalue weighted by Crippen LogP contribution is -2.41. The molecule has 22 heavy (non-hydrogen) atoms. The summed E-state index contributed by atoms with van der Waals surface area (Å²) >= 11 is 0. The molecule has 0 aliphatic heterocycles. The summed E-state index contributed by atoms with van der Waals surface area (Å²) in [6, 6.07) is 3.50. The highest BCUT2D eigenvalue weighted by Gasteiger charge is 2.36. The van der Waals surface area contributed by atoms with Gasteiger partial charge < -0.3 is 5.32 Å². The Hall–Kier alpha value is -1.52. The first-order valence-corrected chi connectivity index (χ1v) is 7.93. The van der Waals surface area contributed by atoms with Crippen molar-refractivity contribution < 1.29 is 13.6 Å². The standard InChI is InChI=1S/C17H24F2N2O/c1-11(2)14-4-5-15(20-10-14)16(22)21-12(3)13-6-8-17(18,19)9-7-13/h4-5,10-13H,6-9H2,1-3H3,(H,21,22). The number of nitrogens with zero attached hydrogens (tertiary/aromatic N) is 1. The van der Waals surface area contributed by atoms with Gasteiger partial charge in [0.15, 0.2) is 0 Å². The second-order valence-electron chi connectivity index (χ2n) is 6.59. The summed E-state index contributed by atoms with van der Waals surface area (Å²) < 4.78 is 26.3. The van der Waals surface area contributed by atoms with E-state index >= 15 is 0 Å². The molecule has 1 aromatic rings. The van der Waals surface area contributed by atoms with E-state index in [9.17, 15) is 13.6 Å². The predicted octanol–water partition coefficient (Wildman–Crippen LogP) is 4.15. The summed E-state index contributed by atoms with van der Waals surface area (Å²) in [5.74, 6) is -2.29. The molecule has 0 aromatic carbocycles. The summed E-state index contributed by atoms with van der Waals surface area (Å²) in [6.45, 7) is 6.02. The second-order valence-corrected chi connectivity index (χ2v) is 6.59. The highest BCUT2D eigenvalue weighted by Crippen LogP contribution is 2.37. The molecular formula is C17H24F2N2O. The number of amides is 1. The van der Waals surface area contributed by atoms with Crippen LogP contribution in [0.25, 0.3) is 0 Å². The van der Waals surface area contributed by atoms with Crippen molar-refractivity contribution in [2.75, 3.05) is 0 Å². The third-order valence-corrected chi connectivity index (χ3v) is 4.51. The number of hydrogen-bond donors (Lipinski definition) is 1. The van der Waals surface area contributed by atoms with Gasteiger partial charge >= 0.3 is 0 Å². The average molecular weight is 310 g/mol. The van der Waals surface area contributed by atoms with E-state index in [1.54, 1.807) is 12.3 Å². The van der Waals surface area contributed by atoms with E-state index in [2.05, 4.69) is 24.1 Å².